The highest BCUT2D eigenvalue weighted by Crippen LogP contribution is 2.29. The molecule has 1 amide bonds. The van der Waals surface area contributed by atoms with E-state index in [4.69, 9.17) is 15.6 Å². The zero-order chi connectivity index (χ0) is 15.6. The van der Waals surface area contributed by atoms with Crippen LogP contribution in [0.1, 0.15) is 22.8 Å². The fourth-order valence-electron chi connectivity index (χ4n) is 2.26. The van der Waals surface area contributed by atoms with Crippen LogP contribution >= 0.6 is 0 Å². The smallest absolute Gasteiger partial charge is 0.335 e. The van der Waals surface area contributed by atoms with E-state index < -0.39 is 23.9 Å². The standard InChI is InChI=1S/C14H16N2O5/c1-2-21-14(20)11(15)12(17)16-6-5-8-7-9(13(18)19)3-4-10(8)16/h3-4,7,11H,2,5-6,15H2,1H3,(H,18,19). The van der Waals surface area contributed by atoms with Crippen LogP contribution in [-0.4, -0.2) is 42.1 Å². The molecule has 0 bridgehead atoms. The van der Waals surface area contributed by atoms with Crippen LogP contribution in [0.25, 0.3) is 0 Å². The first kappa shape index (κ1) is 15.0. The average molecular weight is 292 g/mol. The van der Waals surface area contributed by atoms with Crippen molar-refractivity contribution in [2.24, 2.45) is 5.73 Å². The molecule has 112 valence electrons. The maximum absolute atomic E-state index is 12.2. The number of hydrogen-bond acceptors (Lipinski definition) is 5. The Morgan fingerprint density at radius 1 is 1.43 bits per heavy atom. The van der Waals surface area contributed by atoms with E-state index >= 15 is 0 Å². The Labute approximate surface area is 121 Å². The highest BCUT2D eigenvalue weighted by molar-refractivity contribution is 6.10. The summed E-state index contributed by atoms with van der Waals surface area (Å²) in [5.41, 5.74) is 7.10. The van der Waals surface area contributed by atoms with Crippen LogP contribution in [0.15, 0.2) is 18.2 Å². The molecule has 0 fully saturated rings. The number of esters is 1. The Hall–Kier alpha value is -2.41. The van der Waals surface area contributed by atoms with Crippen molar-refractivity contribution in [1.82, 2.24) is 0 Å². The average Bonchev–Trinajstić information content (AvgIpc) is 2.88. The normalized spacial score (nSPS) is 14.5. The Balaban J connectivity index is 2.21. The molecule has 0 aliphatic carbocycles. The summed E-state index contributed by atoms with van der Waals surface area (Å²) in [6.45, 7) is 2.15. The Kier molecular flexibility index (Phi) is 4.23. The van der Waals surface area contributed by atoms with Crippen LogP contribution in [0.4, 0.5) is 5.69 Å². The molecule has 1 aromatic carbocycles. The topological polar surface area (TPSA) is 110 Å². The monoisotopic (exact) mass is 292 g/mol. The van der Waals surface area contributed by atoms with Crippen molar-refractivity contribution in [1.29, 1.82) is 0 Å². The number of carbonyl (C=O) groups is 3. The highest BCUT2D eigenvalue weighted by atomic mass is 16.5. The van der Waals surface area contributed by atoms with Gasteiger partial charge in [0.2, 0.25) is 0 Å². The summed E-state index contributed by atoms with van der Waals surface area (Å²) in [5, 5.41) is 8.95. The minimum Gasteiger partial charge on any atom is -0.478 e. The summed E-state index contributed by atoms with van der Waals surface area (Å²) in [4.78, 5) is 36.1. The molecule has 0 saturated heterocycles. The van der Waals surface area contributed by atoms with Crippen molar-refractivity contribution in [2.45, 2.75) is 19.4 Å². The molecule has 0 aromatic heterocycles. The lowest BCUT2D eigenvalue weighted by molar-refractivity contribution is -0.147. The van der Waals surface area contributed by atoms with Gasteiger partial charge in [0, 0.05) is 12.2 Å². The van der Waals surface area contributed by atoms with Gasteiger partial charge < -0.3 is 20.5 Å². The second-order valence-electron chi connectivity index (χ2n) is 4.62. The largest absolute Gasteiger partial charge is 0.478 e. The van der Waals surface area contributed by atoms with Gasteiger partial charge in [-0.15, -0.1) is 0 Å². The highest BCUT2D eigenvalue weighted by Gasteiger charge is 2.33. The van der Waals surface area contributed by atoms with Crippen LogP contribution in [0.2, 0.25) is 0 Å². The zero-order valence-electron chi connectivity index (χ0n) is 11.5. The van der Waals surface area contributed by atoms with E-state index in [1.54, 1.807) is 13.0 Å². The molecular formula is C14H16N2O5. The first-order valence-corrected chi connectivity index (χ1v) is 6.55. The zero-order valence-corrected chi connectivity index (χ0v) is 11.5. The van der Waals surface area contributed by atoms with Gasteiger partial charge in [-0.25, -0.2) is 9.59 Å². The predicted molar refractivity (Wildman–Crippen MR) is 74.1 cm³/mol. The SMILES string of the molecule is CCOC(=O)C(N)C(=O)N1CCc2cc(C(=O)O)ccc21. The Bertz CT molecular complexity index is 599. The van der Waals surface area contributed by atoms with Crippen molar-refractivity contribution >= 4 is 23.5 Å². The first-order valence-electron chi connectivity index (χ1n) is 6.55. The lowest BCUT2D eigenvalue weighted by Gasteiger charge is -2.20. The van der Waals surface area contributed by atoms with E-state index in [0.29, 0.717) is 18.7 Å². The lowest BCUT2D eigenvalue weighted by Crippen LogP contribution is -2.48. The maximum Gasteiger partial charge on any atom is 0.335 e. The molecule has 0 radical (unpaired) electrons. The summed E-state index contributed by atoms with van der Waals surface area (Å²) in [6, 6.07) is 3.14. The van der Waals surface area contributed by atoms with Gasteiger partial charge in [-0.2, -0.15) is 0 Å². The second kappa shape index (κ2) is 5.92. The number of aromatic carboxylic acids is 1. The Morgan fingerprint density at radius 3 is 2.76 bits per heavy atom. The van der Waals surface area contributed by atoms with Gasteiger partial charge in [0.05, 0.1) is 12.2 Å². The van der Waals surface area contributed by atoms with Gasteiger partial charge >= 0.3 is 11.9 Å². The molecule has 0 saturated carbocycles. The molecule has 3 N–H and O–H groups in total. The number of nitrogens with two attached hydrogens (primary N) is 1. The van der Waals surface area contributed by atoms with Crippen molar-refractivity contribution in [3.05, 3.63) is 29.3 Å². The van der Waals surface area contributed by atoms with Gasteiger partial charge in [0.1, 0.15) is 0 Å². The van der Waals surface area contributed by atoms with E-state index in [1.807, 2.05) is 0 Å². The van der Waals surface area contributed by atoms with Gasteiger partial charge in [0.25, 0.3) is 5.91 Å². The van der Waals surface area contributed by atoms with E-state index in [2.05, 4.69) is 0 Å². The number of nitrogens with zero attached hydrogens (tertiary/aromatic N) is 1. The van der Waals surface area contributed by atoms with Crippen molar-refractivity contribution < 1.29 is 24.2 Å². The van der Waals surface area contributed by atoms with Gasteiger partial charge in [-0.05, 0) is 37.1 Å². The van der Waals surface area contributed by atoms with E-state index in [-0.39, 0.29) is 12.2 Å². The van der Waals surface area contributed by atoms with Crippen molar-refractivity contribution in [3.8, 4) is 0 Å². The van der Waals surface area contributed by atoms with Crippen LogP contribution in [-0.2, 0) is 20.7 Å². The van der Waals surface area contributed by atoms with E-state index in [0.717, 1.165) is 5.56 Å². The minimum atomic E-state index is -1.37. The summed E-state index contributed by atoms with van der Waals surface area (Å²) in [5.74, 6) is -2.33. The van der Waals surface area contributed by atoms with Crippen LogP contribution < -0.4 is 10.6 Å². The molecule has 0 spiro atoms. The molecule has 1 unspecified atom stereocenters. The third-order valence-electron chi connectivity index (χ3n) is 3.29. The number of ether oxygens (including phenoxy) is 1. The quantitative estimate of drug-likeness (QED) is 0.604. The molecule has 1 aliphatic heterocycles. The molecule has 1 aromatic rings. The van der Waals surface area contributed by atoms with Crippen molar-refractivity contribution in [2.75, 3.05) is 18.1 Å². The molecule has 1 heterocycles. The number of hydrogen-bond donors (Lipinski definition) is 2. The number of benzene rings is 1. The van der Waals surface area contributed by atoms with Gasteiger partial charge in [-0.1, -0.05) is 0 Å². The summed E-state index contributed by atoms with van der Waals surface area (Å²) < 4.78 is 4.73. The Morgan fingerprint density at radius 2 is 2.14 bits per heavy atom. The van der Waals surface area contributed by atoms with Crippen LogP contribution in [0.5, 0.6) is 0 Å². The summed E-state index contributed by atoms with van der Waals surface area (Å²) >= 11 is 0. The number of carboxylic acids is 1. The lowest BCUT2D eigenvalue weighted by atomic mass is 10.1. The van der Waals surface area contributed by atoms with Crippen LogP contribution in [0, 0.1) is 0 Å². The van der Waals surface area contributed by atoms with Crippen LogP contribution in [0.3, 0.4) is 0 Å². The number of anilines is 1. The summed E-state index contributed by atoms with van der Waals surface area (Å²) in [6.07, 6.45) is 0.526. The minimum absolute atomic E-state index is 0.151. The second-order valence-corrected chi connectivity index (χ2v) is 4.62. The van der Waals surface area contributed by atoms with E-state index in [9.17, 15) is 14.4 Å². The number of rotatable bonds is 4. The molecule has 1 atom stereocenters. The van der Waals surface area contributed by atoms with E-state index in [1.165, 1.54) is 17.0 Å². The number of carbonyl (C=O) groups excluding carboxylic acids is 2. The number of carboxylic acid groups (broad SMARTS) is 1. The molecular weight excluding hydrogens is 276 g/mol. The fourth-order valence-corrected chi connectivity index (χ4v) is 2.26. The fraction of sp³-hybridized carbons (Fsp3) is 0.357. The van der Waals surface area contributed by atoms with Crippen molar-refractivity contribution in [3.63, 3.8) is 0 Å². The molecule has 1 aliphatic rings. The molecule has 7 heteroatoms. The molecule has 2 rings (SSSR count). The predicted octanol–water partition coefficient (Wildman–Crippen LogP) is 0.164. The molecule has 7 nitrogen and oxygen atoms in total. The third kappa shape index (κ3) is 2.87. The summed E-state index contributed by atoms with van der Waals surface area (Å²) in [7, 11) is 0. The molecule has 21 heavy (non-hydrogen) atoms. The van der Waals surface area contributed by atoms with Gasteiger partial charge in [-0.3, -0.25) is 4.79 Å². The first-order chi connectivity index (χ1) is 9.95. The number of fused-ring (bicyclic) bond motifs is 1. The third-order valence-corrected chi connectivity index (χ3v) is 3.29. The van der Waals surface area contributed by atoms with Gasteiger partial charge in [0.15, 0.2) is 6.04 Å². The maximum atomic E-state index is 12.2. The number of amides is 1.